The van der Waals surface area contributed by atoms with E-state index in [0.29, 0.717) is 23.6 Å². The predicted molar refractivity (Wildman–Crippen MR) is 79.3 cm³/mol. The number of aromatic nitrogens is 2. The van der Waals surface area contributed by atoms with Crippen LogP contribution in [-0.2, 0) is 0 Å². The van der Waals surface area contributed by atoms with Gasteiger partial charge in [0.1, 0.15) is 11.4 Å². The minimum absolute atomic E-state index is 0.290. The van der Waals surface area contributed by atoms with Crippen LogP contribution in [0.2, 0.25) is 0 Å². The van der Waals surface area contributed by atoms with Gasteiger partial charge in [-0.3, -0.25) is 14.8 Å². The maximum Gasteiger partial charge on any atom is 0.271 e. The Morgan fingerprint density at radius 3 is 2.67 bits per heavy atom. The van der Waals surface area contributed by atoms with Gasteiger partial charge in [-0.15, -0.1) is 0 Å². The van der Waals surface area contributed by atoms with Gasteiger partial charge in [-0.1, -0.05) is 0 Å². The number of benzene rings is 1. The number of carbonyl (C=O) groups excluding carboxylic acids is 1. The molecule has 1 N–H and O–H groups in total. The van der Waals surface area contributed by atoms with Crippen LogP contribution in [0.4, 0.5) is 0 Å². The molecular weight excluding hydrogens is 268 g/mol. The summed E-state index contributed by atoms with van der Waals surface area (Å²) in [7, 11) is 0. The number of rotatable bonds is 5. The van der Waals surface area contributed by atoms with Gasteiger partial charge in [0.25, 0.3) is 5.91 Å². The second kappa shape index (κ2) is 7.14. The molecule has 0 aliphatic carbocycles. The molecule has 2 aromatic rings. The zero-order valence-corrected chi connectivity index (χ0v) is 11.9. The van der Waals surface area contributed by atoms with Crippen molar-refractivity contribution in [3.63, 3.8) is 0 Å². The normalized spacial score (nSPS) is 11.0. The third kappa shape index (κ3) is 4.10. The van der Waals surface area contributed by atoms with E-state index in [1.807, 2.05) is 6.92 Å². The van der Waals surface area contributed by atoms with E-state index in [1.165, 1.54) is 0 Å². The molecule has 1 amide bonds. The maximum atomic E-state index is 12.0. The standard InChI is InChI=1S/C15H16N4O2/c1-3-21-13-6-4-12(5-7-13)15(20)19-18-11(2)14-10-16-8-9-17-14/h4-10H,3H2,1-2H3,(H,19,20). The summed E-state index contributed by atoms with van der Waals surface area (Å²) >= 11 is 0. The Kier molecular flexibility index (Phi) is 4.98. The highest BCUT2D eigenvalue weighted by atomic mass is 16.5. The number of hydrogen-bond donors (Lipinski definition) is 1. The number of carbonyl (C=O) groups is 1. The van der Waals surface area contributed by atoms with E-state index in [2.05, 4.69) is 20.5 Å². The van der Waals surface area contributed by atoms with Gasteiger partial charge >= 0.3 is 0 Å². The fourth-order valence-corrected chi connectivity index (χ4v) is 1.61. The highest BCUT2D eigenvalue weighted by molar-refractivity contribution is 5.99. The fraction of sp³-hybridized carbons (Fsp3) is 0.200. The number of ether oxygens (including phenoxy) is 1. The Labute approximate surface area is 122 Å². The van der Waals surface area contributed by atoms with Gasteiger partial charge in [0.05, 0.1) is 18.5 Å². The summed E-state index contributed by atoms with van der Waals surface area (Å²) < 4.78 is 5.32. The quantitative estimate of drug-likeness (QED) is 0.673. The highest BCUT2D eigenvalue weighted by Crippen LogP contribution is 2.11. The van der Waals surface area contributed by atoms with Gasteiger partial charge in [0, 0.05) is 18.0 Å². The molecule has 0 fully saturated rings. The molecule has 0 atom stereocenters. The van der Waals surface area contributed by atoms with Crippen LogP contribution in [0.25, 0.3) is 0 Å². The molecule has 0 aliphatic heterocycles. The average molecular weight is 284 g/mol. The molecule has 0 aliphatic rings. The summed E-state index contributed by atoms with van der Waals surface area (Å²) in [5.41, 5.74) is 4.20. The lowest BCUT2D eigenvalue weighted by molar-refractivity contribution is 0.0955. The topological polar surface area (TPSA) is 76.5 Å². The summed E-state index contributed by atoms with van der Waals surface area (Å²) in [6.07, 6.45) is 4.74. The van der Waals surface area contributed by atoms with Crippen molar-refractivity contribution in [1.82, 2.24) is 15.4 Å². The lowest BCUT2D eigenvalue weighted by Gasteiger charge is -2.04. The summed E-state index contributed by atoms with van der Waals surface area (Å²) in [4.78, 5) is 20.0. The molecule has 6 heteroatoms. The van der Waals surface area contributed by atoms with Crippen LogP contribution in [0.15, 0.2) is 48.0 Å². The average Bonchev–Trinajstić information content (AvgIpc) is 2.54. The molecule has 0 saturated carbocycles. The Morgan fingerprint density at radius 2 is 2.05 bits per heavy atom. The molecule has 2 rings (SSSR count). The number of nitrogens with one attached hydrogen (secondary N) is 1. The molecule has 0 unspecified atom stereocenters. The third-order valence-corrected chi connectivity index (χ3v) is 2.69. The maximum absolute atomic E-state index is 12.0. The second-order valence-corrected chi connectivity index (χ2v) is 4.19. The molecule has 0 radical (unpaired) electrons. The summed E-state index contributed by atoms with van der Waals surface area (Å²) in [6, 6.07) is 6.87. The van der Waals surface area contributed by atoms with E-state index in [9.17, 15) is 4.79 Å². The van der Waals surface area contributed by atoms with Gasteiger partial charge in [-0.05, 0) is 38.1 Å². The number of hydrogen-bond acceptors (Lipinski definition) is 5. The van der Waals surface area contributed by atoms with Crippen LogP contribution >= 0.6 is 0 Å². The predicted octanol–water partition coefficient (Wildman–Crippen LogP) is 2.03. The number of nitrogens with zero attached hydrogens (tertiary/aromatic N) is 3. The molecule has 0 bridgehead atoms. The lowest BCUT2D eigenvalue weighted by atomic mass is 10.2. The third-order valence-electron chi connectivity index (χ3n) is 2.69. The van der Waals surface area contributed by atoms with Crippen LogP contribution in [0.3, 0.4) is 0 Å². The SMILES string of the molecule is CCOc1ccc(C(=O)NN=C(C)c2cnccn2)cc1. The van der Waals surface area contributed by atoms with Crippen molar-refractivity contribution in [1.29, 1.82) is 0 Å². The Morgan fingerprint density at radius 1 is 1.29 bits per heavy atom. The fourth-order valence-electron chi connectivity index (χ4n) is 1.61. The lowest BCUT2D eigenvalue weighted by Crippen LogP contribution is -2.19. The first-order valence-electron chi connectivity index (χ1n) is 6.54. The zero-order valence-electron chi connectivity index (χ0n) is 11.9. The molecule has 21 heavy (non-hydrogen) atoms. The molecule has 1 aromatic carbocycles. The van der Waals surface area contributed by atoms with E-state index in [0.717, 1.165) is 5.75 Å². The first-order valence-corrected chi connectivity index (χ1v) is 6.54. The second-order valence-electron chi connectivity index (χ2n) is 4.19. The van der Waals surface area contributed by atoms with Gasteiger partial charge in [-0.25, -0.2) is 5.43 Å². The van der Waals surface area contributed by atoms with Gasteiger partial charge in [0.2, 0.25) is 0 Å². The van der Waals surface area contributed by atoms with Crippen molar-refractivity contribution in [3.05, 3.63) is 54.1 Å². The highest BCUT2D eigenvalue weighted by Gasteiger charge is 2.05. The van der Waals surface area contributed by atoms with Crippen LogP contribution in [0.5, 0.6) is 5.75 Å². The minimum atomic E-state index is -0.290. The Balaban J connectivity index is 2.01. The van der Waals surface area contributed by atoms with E-state index < -0.39 is 0 Å². The van der Waals surface area contributed by atoms with Crippen molar-refractivity contribution in [2.24, 2.45) is 5.10 Å². The number of hydrazone groups is 1. The van der Waals surface area contributed by atoms with Gasteiger partial charge in [0.15, 0.2) is 0 Å². The van der Waals surface area contributed by atoms with Crippen molar-refractivity contribution in [3.8, 4) is 5.75 Å². The van der Waals surface area contributed by atoms with E-state index >= 15 is 0 Å². The Bertz CT molecular complexity index is 624. The number of amides is 1. The molecule has 1 heterocycles. The smallest absolute Gasteiger partial charge is 0.271 e. The first kappa shape index (κ1) is 14.6. The molecule has 6 nitrogen and oxygen atoms in total. The van der Waals surface area contributed by atoms with Crippen LogP contribution in [0, 0.1) is 0 Å². The summed E-state index contributed by atoms with van der Waals surface area (Å²) in [5, 5.41) is 4.01. The Hall–Kier alpha value is -2.76. The minimum Gasteiger partial charge on any atom is -0.494 e. The molecule has 108 valence electrons. The molecule has 0 saturated heterocycles. The van der Waals surface area contributed by atoms with E-state index in [-0.39, 0.29) is 5.91 Å². The van der Waals surface area contributed by atoms with Gasteiger partial charge < -0.3 is 4.74 Å². The van der Waals surface area contributed by atoms with Crippen molar-refractivity contribution in [2.45, 2.75) is 13.8 Å². The van der Waals surface area contributed by atoms with Crippen molar-refractivity contribution in [2.75, 3.05) is 6.61 Å². The van der Waals surface area contributed by atoms with Crippen molar-refractivity contribution >= 4 is 11.6 Å². The van der Waals surface area contributed by atoms with Crippen molar-refractivity contribution < 1.29 is 9.53 Å². The molecular formula is C15H16N4O2. The first-order chi connectivity index (χ1) is 10.2. The molecule has 1 aromatic heterocycles. The largest absolute Gasteiger partial charge is 0.494 e. The monoisotopic (exact) mass is 284 g/mol. The summed E-state index contributed by atoms with van der Waals surface area (Å²) in [5.74, 6) is 0.439. The van der Waals surface area contributed by atoms with E-state index in [4.69, 9.17) is 4.74 Å². The van der Waals surface area contributed by atoms with Crippen LogP contribution in [0.1, 0.15) is 29.9 Å². The molecule has 0 spiro atoms. The van der Waals surface area contributed by atoms with Crippen LogP contribution in [-0.4, -0.2) is 28.2 Å². The summed E-state index contributed by atoms with van der Waals surface area (Å²) in [6.45, 7) is 4.25. The van der Waals surface area contributed by atoms with E-state index in [1.54, 1.807) is 49.8 Å². The zero-order chi connectivity index (χ0) is 15.1. The van der Waals surface area contributed by atoms with Crippen LogP contribution < -0.4 is 10.2 Å². The van der Waals surface area contributed by atoms with Gasteiger partial charge in [-0.2, -0.15) is 5.10 Å².